The summed E-state index contributed by atoms with van der Waals surface area (Å²) in [5.41, 5.74) is 3.95. The lowest BCUT2D eigenvalue weighted by Gasteiger charge is -2.13. The molecule has 2 rings (SSSR count). The molecule has 1 saturated heterocycles. The Morgan fingerprint density at radius 1 is 1.41 bits per heavy atom. The van der Waals surface area contributed by atoms with E-state index >= 15 is 0 Å². The third kappa shape index (κ3) is 3.30. The van der Waals surface area contributed by atoms with Gasteiger partial charge in [0, 0.05) is 25.6 Å². The van der Waals surface area contributed by atoms with E-state index in [1.165, 1.54) is 16.7 Å². The van der Waals surface area contributed by atoms with Crippen molar-refractivity contribution in [1.29, 1.82) is 0 Å². The minimum absolute atomic E-state index is 0.184. The maximum Gasteiger partial charge on any atom is 0.220 e. The molecule has 1 aliphatic heterocycles. The first-order chi connectivity index (χ1) is 8.15. The Morgan fingerprint density at radius 2 is 2.24 bits per heavy atom. The number of hydrogen-bond donors (Lipinski definition) is 2. The first-order valence-corrected chi connectivity index (χ1v) is 6.21. The monoisotopic (exact) mass is 232 g/mol. The second kappa shape index (κ2) is 5.32. The van der Waals surface area contributed by atoms with Crippen molar-refractivity contribution in [2.45, 2.75) is 39.3 Å². The molecule has 0 bridgehead atoms. The third-order valence-corrected chi connectivity index (χ3v) is 3.30. The summed E-state index contributed by atoms with van der Waals surface area (Å²) < 4.78 is 0. The van der Waals surface area contributed by atoms with E-state index in [1.54, 1.807) is 0 Å². The van der Waals surface area contributed by atoms with Crippen molar-refractivity contribution >= 4 is 5.91 Å². The largest absolute Gasteiger partial charge is 0.352 e. The van der Waals surface area contributed by atoms with Crippen LogP contribution in [0.1, 0.15) is 29.5 Å². The lowest BCUT2D eigenvalue weighted by Crippen LogP contribution is -2.35. The van der Waals surface area contributed by atoms with Gasteiger partial charge in [0.1, 0.15) is 0 Å². The zero-order valence-corrected chi connectivity index (χ0v) is 10.5. The van der Waals surface area contributed by atoms with Crippen LogP contribution in [0.25, 0.3) is 0 Å². The van der Waals surface area contributed by atoms with Crippen molar-refractivity contribution in [2.75, 3.05) is 6.54 Å². The van der Waals surface area contributed by atoms with Gasteiger partial charge in [-0.05, 0) is 31.4 Å². The average molecular weight is 232 g/mol. The number of carbonyl (C=O) groups excluding carboxylic acids is 1. The van der Waals surface area contributed by atoms with E-state index in [1.807, 2.05) is 0 Å². The normalized spacial score (nSPS) is 19.4. The van der Waals surface area contributed by atoms with Crippen molar-refractivity contribution in [1.82, 2.24) is 10.6 Å². The number of nitrogens with one attached hydrogen (secondary N) is 2. The van der Waals surface area contributed by atoms with Gasteiger partial charge in [-0.3, -0.25) is 4.79 Å². The number of rotatable bonds is 4. The molecule has 1 aromatic carbocycles. The van der Waals surface area contributed by atoms with Crippen LogP contribution in [0.2, 0.25) is 0 Å². The van der Waals surface area contributed by atoms with E-state index in [0.29, 0.717) is 12.5 Å². The summed E-state index contributed by atoms with van der Waals surface area (Å²) >= 11 is 0. The maximum absolute atomic E-state index is 11.0. The number of benzene rings is 1. The van der Waals surface area contributed by atoms with Crippen LogP contribution in [-0.2, 0) is 11.3 Å². The van der Waals surface area contributed by atoms with Crippen molar-refractivity contribution in [3.63, 3.8) is 0 Å². The number of hydrogen-bond acceptors (Lipinski definition) is 2. The molecule has 1 amide bonds. The molecule has 1 fully saturated rings. The van der Waals surface area contributed by atoms with Crippen LogP contribution in [0.3, 0.4) is 0 Å². The van der Waals surface area contributed by atoms with Gasteiger partial charge in [0.25, 0.3) is 0 Å². The zero-order valence-electron chi connectivity index (χ0n) is 10.5. The van der Waals surface area contributed by atoms with Gasteiger partial charge in [-0.15, -0.1) is 0 Å². The molecule has 0 radical (unpaired) electrons. The standard InChI is InChI=1S/C14H20N2O/c1-10-3-4-11(2)12(7-10)8-15-9-13-5-6-14(17)16-13/h3-4,7,13,15H,5-6,8-9H2,1-2H3,(H,16,17). The lowest BCUT2D eigenvalue weighted by atomic mass is 10.1. The molecule has 2 N–H and O–H groups in total. The van der Waals surface area contributed by atoms with Crippen LogP contribution >= 0.6 is 0 Å². The predicted octanol–water partition coefficient (Wildman–Crippen LogP) is 1.67. The molecule has 0 aromatic heterocycles. The Bertz CT molecular complexity index is 415. The van der Waals surface area contributed by atoms with Crippen LogP contribution in [0.15, 0.2) is 18.2 Å². The molecular weight excluding hydrogens is 212 g/mol. The molecule has 17 heavy (non-hydrogen) atoms. The van der Waals surface area contributed by atoms with Gasteiger partial charge in [0.2, 0.25) is 5.91 Å². The van der Waals surface area contributed by atoms with Crippen LogP contribution in [0.5, 0.6) is 0 Å². The molecule has 1 heterocycles. The van der Waals surface area contributed by atoms with E-state index in [9.17, 15) is 4.79 Å². The summed E-state index contributed by atoms with van der Waals surface area (Å²) in [4.78, 5) is 11.0. The quantitative estimate of drug-likeness (QED) is 0.829. The highest BCUT2D eigenvalue weighted by atomic mass is 16.1. The topological polar surface area (TPSA) is 41.1 Å². The molecule has 1 aliphatic rings. The van der Waals surface area contributed by atoms with Crippen LogP contribution in [-0.4, -0.2) is 18.5 Å². The van der Waals surface area contributed by atoms with Gasteiger partial charge in [-0.25, -0.2) is 0 Å². The highest BCUT2D eigenvalue weighted by Gasteiger charge is 2.19. The smallest absolute Gasteiger partial charge is 0.220 e. The van der Waals surface area contributed by atoms with E-state index in [2.05, 4.69) is 42.7 Å². The second-order valence-corrected chi connectivity index (χ2v) is 4.86. The summed E-state index contributed by atoms with van der Waals surface area (Å²) in [5, 5.41) is 6.38. The van der Waals surface area contributed by atoms with Crippen LogP contribution in [0, 0.1) is 13.8 Å². The van der Waals surface area contributed by atoms with E-state index in [0.717, 1.165) is 19.5 Å². The lowest BCUT2D eigenvalue weighted by molar-refractivity contribution is -0.119. The maximum atomic E-state index is 11.0. The van der Waals surface area contributed by atoms with Gasteiger partial charge in [0.15, 0.2) is 0 Å². The van der Waals surface area contributed by atoms with Crippen LogP contribution in [0.4, 0.5) is 0 Å². The van der Waals surface area contributed by atoms with Crippen molar-refractivity contribution in [2.24, 2.45) is 0 Å². The Kier molecular flexibility index (Phi) is 3.79. The van der Waals surface area contributed by atoms with Crippen molar-refractivity contribution in [3.8, 4) is 0 Å². The summed E-state index contributed by atoms with van der Waals surface area (Å²) in [7, 11) is 0. The molecule has 1 unspecified atom stereocenters. The molecule has 0 spiro atoms. The van der Waals surface area contributed by atoms with Crippen LogP contribution < -0.4 is 10.6 Å². The third-order valence-electron chi connectivity index (χ3n) is 3.30. The minimum Gasteiger partial charge on any atom is -0.352 e. The highest BCUT2D eigenvalue weighted by molar-refractivity contribution is 5.78. The first kappa shape index (κ1) is 12.1. The predicted molar refractivity (Wildman–Crippen MR) is 68.8 cm³/mol. The number of amides is 1. The Hall–Kier alpha value is -1.35. The summed E-state index contributed by atoms with van der Waals surface area (Å²) in [5.74, 6) is 0.184. The molecule has 0 saturated carbocycles. The van der Waals surface area contributed by atoms with Gasteiger partial charge in [0.05, 0.1) is 0 Å². The van der Waals surface area contributed by atoms with Gasteiger partial charge >= 0.3 is 0 Å². The van der Waals surface area contributed by atoms with E-state index in [-0.39, 0.29) is 5.91 Å². The fourth-order valence-electron chi connectivity index (χ4n) is 2.20. The number of carbonyl (C=O) groups is 1. The Morgan fingerprint density at radius 3 is 2.94 bits per heavy atom. The molecule has 1 aromatic rings. The SMILES string of the molecule is Cc1ccc(C)c(CNCC2CCC(=O)N2)c1. The Balaban J connectivity index is 1.81. The summed E-state index contributed by atoms with van der Waals surface area (Å²) in [6, 6.07) is 6.82. The molecule has 0 aliphatic carbocycles. The van der Waals surface area contributed by atoms with Crippen molar-refractivity contribution < 1.29 is 4.79 Å². The number of aryl methyl sites for hydroxylation is 2. The minimum atomic E-state index is 0.184. The first-order valence-electron chi connectivity index (χ1n) is 6.21. The molecule has 3 nitrogen and oxygen atoms in total. The van der Waals surface area contributed by atoms with E-state index < -0.39 is 0 Å². The fourth-order valence-corrected chi connectivity index (χ4v) is 2.20. The molecule has 1 atom stereocenters. The van der Waals surface area contributed by atoms with Gasteiger partial charge in [-0.1, -0.05) is 23.8 Å². The second-order valence-electron chi connectivity index (χ2n) is 4.86. The highest BCUT2D eigenvalue weighted by Crippen LogP contribution is 2.11. The average Bonchev–Trinajstić information content (AvgIpc) is 2.69. The summed E-state index contributed by atoms with van der Waals surface area (Å²) in [6.45, 7) is 5.98. The van der Waals surface area contributed by atoms with Gasteiger partial charge < -0.3 is 10.6 Å². The fraction of sp³-hybridized carbons (Fsp3) is 0.500. The van der Waals surface area contributed by atoms with Gasteiger partial charge in [-0.2, -0.15) is 0 Å². The molecule has 92 valence electrons. The van der Waals surface area contributed by atoms with E-state index in [4.69, 9.17) is 0 Å². The molecule has 3 heteroatoms. The Labute approximate surface area is 103 Å². The molecular formula is C14H20N2O. The summed E-state index contributed by atoms with van der Waals surface area (Å²) in [6.07, 6.45) is 1.63. The van der Waals surface area contributed by atoms with Crippen molar-refractivity contribution in [3.05, 3.63) is 34.9 Å². The zero-order chi connectivity index (χ0) is 12.3.